The highest BCUT2D eigenvalue weighted by Crippen LogP contribution is 2.15. The second kappa shape index (κ2) is 7.81. The fraction of sp³-hybridized carbons (Fsp3) is 0.294. The fourth-order valence-electron chi connectivity index (χ4n) is 2.00. The third-order valence-corrected chi connectivity index (χ3v) is 4.61. The summed E-state index contributed by atoms with van der Waals surface area (Å²) < 4.78 is 32.4. The van der Waals surface area contributed by atoms with E-state index in [1.807, 2.05) is 38.1 Å². The van der Waals surface area contributed by atoms with Gasteiger partial charge in [-0.25, -0.2) is 13.1 Å². The molecule has 0 fully saturated rings. The van der Waals surface area contributed by atoms with E-state index in [0.717, 1.165) is 11.3 Å². The van der Waals surface area contributed by atoms with Crippen molar-refractivity contribution in [1.29, 1.82) is 0 Å². The van der Waals surface area contributed by atoms with E-state index in [9.17, 15) is 8.42 Å². The third kappa shape index (κ3) is 6.22. The summed E-state index contributed by atoms with van der Waals surface area (Å²) >= 11 is 5.79. The molecule has 23 heavy (non-hydrogen) atoms. The molecule has 0 aromatic heterocycles. The summed E-state index contributed by atoms with van der Waals surface area (Å²) in [5, 5.41) is 0.586. The topological polar surface area (TPSA) is 55.4 Å². The number of hydrogen-bond acceptors (Lipinski definition) is 3. The van der Waals surface area contributed by atoms with Gasteiger partial charge in [0.15, 0.2) is 0 Å². The molecule has 0 saturated carbocycles. The predicted octanol–water partition coefficient (Wildman–Crippen LogP) is 3.75. The molecule has 124 valence electrons. The van der Waals surface area contributed by atoms with E-state index in [1.54, 1.807) is 24.3 Å². The van der Waals surface area contributed by atoms with Gasteiger partial charge in [-0.15, -0.1) is 0 Å². The van der Waals surface area contributed by atoms with Gasteiger partial charge < -0.3 is 4.74 Å². The van der Waals surface area contributed by atoms with Gasteiger partial charge in [0.1, 0.15) is 5.75 Å². The maximum Gasteiger partial charge on any atom is 0.216 e. The molecule has 0 aliphatic heterocycles. The summed E-state index contributed by atoms with van der Waals surface area (Å²) in [6.45, 7) is 4.16. The molecule has 2 rings (SSSR count). The van der Waals surface area contributed by atoms with Crippen LogP contribution in [0.5, 0.6) is 5.75 Å². The molecule has 0 unspecified atom stereocenters. The number of nitrogens with one attached hydrogen (secondary N) is 1. The summed E-state index contributed by atoms with van der Waals surface area (Å²) in [5.74, 6) is 0.700. The number of hydrogen-bond donors (Lipinski definition) is 1. The first-order valence-corrected chi connectivity index (χ1v) is 9.34. The molecule has 2 aromatic carbocycles. The summed E-state index contributed by atoms with van der Waals surface area (Å²) in [5.41, 5.74) is 1.57. The lowest BCUT2D eigenvalue weighted by Gasteiger charge is -2.11. The van der Waals surface area contributed by atoms with Crippen LogP contribution in [0.25, 0.3) is 0 Å². The Hall–Kier alpha value is -1.56. The SMILES string of the molecule is CC(C)Oc1ccc(CNS(=O)(=O)Cc2ccc(Cl)cc2)cc1. The van der Waals surface area contributed by atoms with Gasteiger partial charge in [0.2, 0.25) is 10.0 Å². The molecule has 0 heterocycles. The van der Waals surface area contributed by atoms with Crippen LogP contribution in [-0.2, 0) is 22.3 Å². The minimum absolute atomic E-state index is 0.0707. The zero-order valence-electron chi connectivity index (χ0n) is 13.1. The second-order valence-corrected chi connectivity index (χ2v) is 7.76. The smallest absolute Gasteiger partial charge is 0.216 e. The number of ether oxygens (including phenoxy) is 1. The summed E-state index contributed by atoms with van der Waals surface area (Å²) in [6, 6.07) is 14.1. The molecule has 0 bridgehead atoms. The minimum atomic E-state index is -3.40. The number of sulfonamides is 1. The van der Waals surface area contributed by atoms with Crippen LogP contribution in [0.15, 0.2) is 48.5 Å². The lowest BCUT2D eigenvalue weighted by molar-refractivity contribution is 0.242. The molecule has 1 N–H and O–H groups in total. The fourth-order valence-corrected chi connectivity index (χ4v) is 3.25. The first kappa shape index (κ1) is 17.8. The van der Waals surface area contributed by atoms with Crippen LogP contribution in [0.3, 0.4) is 0 Å². The van der Waals surface area contributed by atoms with Crippen molar-refractivity contribution < 1.29 is 13.2 Å². The normalized spacial score (nSPS) is 11.7. The molecule has 0 saturated heterocycles. The molecule has 0 aliphatic carbocycles. The molecule has 0 spiro atoms. The van der Waals surface area contributed by atoms with E-state index in [2.05, 4.69) is 4.72 Å². The minimum Gasteiger partial charge on any atom is -0.491 e. The quantitative estimate of drug-likeness (QED) is 0.824. The van der Waals surface area contributed by atoms with Gasteiger partial charge in [0.25, 0.3) is 0 Å². The number of benzene rings is 2. The molecule has 0 amide bonds. The van der Waals surface area contributed by atoms with Crippen molar-refractivity contribution in [3.63, 3.8) is 0 Å². The van der Waals surface area contributed by atoms with Crippen LogP contribution in [0.4, 0.5) is 0 Å². The van der Waals surface area contributed by atoms with E-state index in [-0.39, 0.29) is 18.4 Å². The van der Waals surface area contributed by atoms with Crippen LogP contribution in [0, 0.1) is 0 Å². The Labute approximate surface area is 142 Å². The molecule has 2 aromatic rings. The molecule has 0 atom stereocenters. The number of halogens is 1. The van der Waals surface area contributed by atoms with E-state index in [4.69, 9.17) is 16.3 Å². The highest BCUT2D eigenvalue weighted by atomic mass is 35.5. The van der Waals surface area contributed by atoms with Crippen LogP contribution in [0.1, 0.15) is 25.0 Å². The Morgan fingerprint density at radius 3 is 2.13 bits per heavy atom. The summed E-state index contributed by atoms with van der Waals surface area (Å²) in [6.07, 6.45) is 0.110. The van der Waals surface area contributed by atoms with Crippen LogP contribution in [-0.4, -0.2) is 14.5 Å². The van der Waals surface area contributed by atoms with Gasteiger partial charge in [0, 0.05) is 11.6 Å². The van der Waals surface area contributed by atoms with Crippen molar-refractivity contribution in [2.75, 3.05) is 0 Å². The summed E-state index contributed by atoms with van der Waals surface area (Å²) in [4.78, 5) is 0. The van der Waals surface area contributed by atoms with Crippen molar-refractivity contribution in [3.8, 4) is 5.75 Å². The molecular formula is C17H20ClNO3S. The maximum absolute atomic E-state index is 12.1. The van der Waals surface area contributed by atoms with E-state index < -0.39 is 10.0 Å². The van der Waals surface area contributed by atoms with Crippen LogP contribution in [0.2, 0.25) is 5.02 Å². The largest absolute Gasteiger partial charge is 0.491 e. The average molecular weight is 354 g/mol. The lowest BCUT2D eigenvalue weighted by atomic mass is 10.2. The van der Waals surface area contributed by atoms with E-state index >= 15 is 0 Å². The second-order valence-electron chi connectivity index (χ2n) is 5.52. The Bertz CT molecular complexity index is 725. The van der Waals surface area contributed by atoms with E-state index in [1.165, 1.54) is 0 Å². The standard InChI is InChI=1S/C17H20ClNO3S/c1-13(2)22-17-9-5-14(6-10-17)11-19-23(20,21)12-15-3-7-16(18)8-4-15/h3-10,13,19H,11-12H2,1-2H3. The van der Waals surface area contributed by atoms with Gasteiger partial charge >= 0.3 is 0 Å². The van der Waals surface area contributed by atoms with Crippen molar-refractivity contribution in [2.24, 2.45) is 0 Å². The molecule has 0 radical (unpaired) electrons. The van der Waals surface area contributed by atoms with Crippen molar-refractivity contribution in [1.82, 2.24) is 4.72 Å². The first-order valence-electron chi connectivity index (χ1n) is 7.31. The maximum atomic E-state index is 12.1. The number of rotatable bonds is 7. The highest BCUT2D eigenvalue weighted by Gasteiger charge is 2.11. The van der Waals surface area contributed by atoms with Crippen molar-refractivity contribution >= 4 is 21.6 Å². The first-order chi connectivity index (χ1) is 10.8. The molecule has 0 aliphatic rings. The Morgan fingerprint density at radius 1 is 1.00 bits per heavy atom. The van der Waals surface area contributed by atoms with Crippen molar-refractivity contribution in [3.05, 3.63) is 64.7 Å². The Kier molecular flexibility index (Phi) is 6.04. The zero-order valence-corrected chi connectivity index (χ0v) is 14.7. The lowest BCUT2D eigenvalue weighted by Crippen LogP contribution is -2.24. The van der Waals surface area contributed by atoms with Gasteiger partial charge in [-0.05, 0) is 49.2 Å². The Morgan fingerprint density at radius 2 is 1.57 bits per heavy atom. The van der Waals surface area contributed by atoms with Crippen LogP contribution >= 0.6 is 11.6 Å². The van der Waals surface area contributed by atoms with Gasteiger partial charge in [-0.3, -0.25) is 0 Å². The third-order valence-electron chi connectivity index (χ3n) is 3.06. The monoisotopic (exact) mass is 353 g/mol. The highest BCUT2D eigenvalue weighted by molar-refractivity contribution is 7.88. The molecule has 6 heteroatoms. The molecular weight excluding hydrogens is 334 g/mol. The predicted molar refractivity (Wildman–Crippen MR) is 93.1 cm³/mol. The zero-order chi connectivity index (χ0) is 16.9. The van der Waals surface area contributed by atoms with Gasteiger partial charge in [-0.2, -0.15) is 0 Å². The van der Waals surface area contributed by atoms with Crippen molar-refractivity contribution in [2.45, 2.75) is 32.2 Å². The average Bonchev–Trinajstić information content (AvgIpc) is 2.48. The Balaban J connectivity index is 1.92. The molecule has 4 nitrogen and oxygen atoms in total. The van der Waals surface area contributed by atoms with Gasteiger partial charge in [0.05, 0.1) is 11.9 Å². The van der Waals surface area contributed by atoms with Crippen LogP contribution < -0.4 is 9.46 Å². The summed E-state index contributed by atoms with van der Waals surface area (Å²) in [7, 11) is -3.40. The van der Waals surface area contributed by atoms with Gasteiger partial charge in [-0.1, -0.05) is 35.9 Å². The van der Waals surface area contributed by atoms with E-state index in [0.29, 0.717) is 10.6 Å².